The zero-order valence-electron chi connectivity index (χ0n) is 11.9. The Morgan fingerprint density at radius 2 is 1.75 bits per heavy atom. The lowest BCUT2D eigenvalue weighted by Gasteiger charge is -2.16. The molecule has 20 heavy (non-hydrogen) atoms. The van der Waals surface area contributed by atoms with Gasteiger partial charge in [0.1, 0.15) is 17.4 Å². The molecule has 1 aromatic rings. The van der Waals surface area contributed by atoms with Crippen LogP contribution in [0.3, 0.4) is 0 Å². The van der Waals surface area contributed by atoms with Crippen molar-refractivity contribution in [3.8, 4) is 17.6 Å². The van der Waals surface area contributed by atoms with Crippen LogP contribution in [-0.2, 0) is 0 Å². The van der Waals surface area contributed by atoms with E-state index in [0.29, 0.717) is 17.1 Å². The van der Waals surface area contributed by atoms with Gasteiger partial charge in [-0.2, -0.15) is 5.26 Å². The predicted molar refractivity (Wildman–Crippen MR) is 74.9 cm³/mol. The third-order valence-electron chi connectivity index (χ3n) is 3.93. The molecule has 0 N–H and O–H groups in total. The molecule has 1 saturated carbocycles. The average Bonchev–Trinajstić information content (AvgIpc) is 3.01. The van der Waals surface area contributed by atoms with E-state index in [9.17, 15) is 10.1 Å². The molecule has 4 heteroatoms. The maximum Gasteiger partial charge on any atom is 0.180 e. The molecule has 0 saturated heterocycles. The summed E-state index contributed by atoms with van der Waals surface area (Å²) in [4.78, 5) is 12.6. The summed E-state index contributed by atoms with van der Waals surface area (Å²) in [6.45, 7) is 0. The molecule has 0 radical (unpaired) electrons. The van der Waals surface area contributed by atoms with Crippen LogP contribution in [0.4, 0.5) is 0 Å². The Balaban J connectivity index is 2.29. The second kappa shape index (κ2) is 6.42. The van der Waals surface area contributed by atoms with Gasteiger partial charge in [-0.05, 0) is 30.9 Å². The molecule has 2 rings (SSSR count). The highest BCUT2D eigenvalue weighted by atomic mass is 16.5. The van der Waals surface area contributed by atoms with Gasteiger partial charge in [0.05, 0.1) is 20.3 Å². The van der Waals surface area contributed by atoms with Crippen LogP contribution in [0.5, 0.6) is 11.5 Å². The van der Waals surface area contributed by atoms with E-state index in [1.165, 1.54) is 0 Å². The molecule has 4 nitrogen and oxygen atoms in total. The summed E-state index contributed by atoms with van der Waals surface area (Å²) in [5, 5.41) is 9.34. The molecule has 0 amide bonds. The highest BCUT2D eigenvalue weighted by molar-refractivity contribution is 6.00. The van der Waals surface area contributed by atoms with Gasteiger partial charge in [-0.25, -0.2) is 0 Å². The van der Waals surface area contributed by atoms with Gasteiger partial charge in [-0.15, -0.1) is 0 Å². The van der Waals surface area contributed by atoms with Gasteiger partial charge in [0, 0.05) is 11.6 Å². The molecular formula is C16H19NO3. The van der Waals surface area contributed by atoms with Crippen LogP contribution in [0.25, 0.3) is 0 Å². The lowest BCUT2D eigenvalue weighted by atomic mass is 9.85. The van der Waals surface area contributed by atoms with E-state index < -0.39 is 5.92 Å². The Bertz CT molecular complexity index is 505. The second-order valence-electron chi connectivity index (χ2n) is 5.12. The summed E-state index contributed by atoms with van der Waals surface area (Å²) >= 11 is 0. The lowest BCUT2D eigenvalue weighted by Crippen LogP contribution is -2.20. The van der Waals surface area contributed by atoms with Crippen LogP contribution in [0.15, 0.2) is 18.2 Å². The van der Waals surface area contributed by atoms with Crippen molar-refractivity contribution < 1.29 is 14.3 Å². The number of ether oxygens (including phenoxy) is 2. The van der Waals surface area contributed by atoms with E-state index in [1.807, 2.05) is 0 Å². The van der Waals surface area contributed by atoms with Gasteiger partial charge in [-0.3, -0.25) is 4.79 Å². The number of nitriles is 1. The molecule has 0 aliphatic heterocycles. The van der Waals surface area contributed by atoms with Crippen molar-refractivity contribution in [2.75, 3.05) is 14.2 Å². The number of ketones is 1. The number of rotatable bonds is 5. The molecule has 0 bridgehead atoms. The maximum atomic E-state index is 12.6. The first-order chi connectivity index (χ1) is 9.69. The molecule has 0 heterocycles. The third kappa shape index (κ3) is 2.93. The summed E-state index contributed by atoms with van der Waals surface area (Å²) < 4.78 is 10.3. The minimum Gasteiger partial charge on any atom is -0.497 e. The molecular weight excluding hydrogens is 254 g/mol. The Hall–Kier alpha value is -2.02. The Morgan fingerprint density at radius 3 is 2.20 bits per heavy atom. The molecule has 1 unspecified atom stereocenters. The summed E-state index contributed by atoms with van der Waals surface area (Å²) in [6.07, 6.45) is 4.14. The van der Waals surface area contributed by atoms with Crippen LogP contribution in [0.1, 0.15) is 36.0 Å². The Morgan fingerprint density at radius 1 is 1.20 bits per heavy atom. The number of hydrogen-bond donors (Lipinski definition) is 0. The molecule has 1 atom stereocenters. The number of Topliss-reactive ketones (excluding diaryl/α,β-unsaturated/α-hetero) is 1. The van der Waals surface area contributed by atoms with Gasteiger partial charge in [-0.1, -0.05) is 12.8 Å². The molecule has 1 aromatic carbocycles. The maximum absolute atomic E-state index is 12.6. The molecule has 0 aromatic heterocycles. The van der Waals surface area contributed by atoms with Crippen LogP contribution >= 0.6 is 0 Å². The number of nitrogens with zero attached hydrogens (tertiary/aromatic N) is 1. The third-order valence-corrected chi connectivity index (χ3v) is 3.93. The number of methoxy groups -OCH3 is 2. The van der Waals surface area contributed by atoms with Gasteiger partial charge in [0.15, 0.2) is 5.78 Å². The zero-order chi connectivity index (χ0) is 14.5. The van der Waals surface area contributed by atoms with Crippen molar-refractivity contribution in [2.45, 2.75) is 25.7 Å². The van der Waals surface area contributed by atoms with E-state index in [4.69, 9.17) is 9.47 Å². The fourth-order valence-corrected chi connectivity index (χ4v) is 2.80. The van der Waals surface area contributed by atoms with Crippen LogP contribution in [0.2, 0.25) is 0 Å². The first-order valence-corrected chi connectivity index (χ1v) is 6.86. The van der Waals surface area contributed by atoms with Crippen LogP contribution < -0.4 is 9.47 Å². The van der Waals surface area contributed by atoms with Crippen molar-refractivity contribution in [2.24, 2.45) is 11.8 Å². The Kier molecular flexibility index (Phi) is 4.62. The van der Waals surface area contributed by atoms with Crippen molar-refractivity contribution in [3.05, 3.63) is 23.8 Å². The Labute approximate surface area is 119 Å². The minimum absolute atomic E-state index is 0.128. The number of carbonyl (C=O) groups excluding carboxylic acids is 1. The quantitative estimate of drug-likeness (QED) is 0.773. The van der Waals surface area contributed by atoms with Gasteiger partial charge in [0.2, 0.25) is 0 Å². The van der Waals surface area contributed by atoms with E-state index in [1.54, 1.807) is 32.4 Å². The van der Waals surface area contributed by atoms with Crippen molar-refractivity contribution in [1.82, 2.24) is 0 Å². The molecule has 1 aliphatic rings. The highest BCUT2D eigenvalue weighted by Gasteiger charge is 2.31. The van der Waals surface area contributed by atoms with E-state index in [-0.39, 0.29) is 11.7 Å². The summed E-state index contributed by atoms with van der Waals surface area (Å²) in [6, 6.07) is 7.24. The number of hydrogen-bond acceptors (Lipinski definition) is 4. The SMILES string of the molecule is COc1cc(OC)cc(C(=O)C(C#N)C2CCCC2)c1. The zero-order valence-corrected chi connectivity index (χ0v) is 11.9. The molecule has 106 valence electrons. The normalized spacial score (nSPS) is 16.4. The lowest BCUT2D eigenvalue weighted by molar-refractivity contribution is 0.0914. The van der Waals surface area contributed by atoms with Gasteiger partial charge in [0.25, 0.3) is 0 Å². The second-order valence-corrected chi connectivity index (χ2v) is 5.12. The topological polar surface area (TPSA) is 59.3 Å². The monoisotopic (exact) mass is 273 g/mol. The predicted octanol–water partition coefficient (Wildman–Crippen LogP) is 3.22. The average molecular weight is 273 g/mol. The minimum atomic E-state index is -0.561. The first-order valence-electron chi connectivity index (χ1n) is 6.86. The smallest absolute Gasteiger partial charge is 0.180 e. The number of benzene rings is 1. The van der Waals surface area contributed by atoms with E-state index in [2.05, 4.69) is 6.07 Å². The largest absolute Gasteiger partial charge is 0.497 e. The van der Waals surface area contributed by atoms with E-state index in [0.717, 1.165) is 25.7 Å². The van der Waals surface area contributed by atoms with Crippen molar-refractivity contribution in [3.63, 3.8) is 0 Å². The first kappa shape index (κ1) is 14.4. The molecule has 1 fully saturated rings. The van der Waals surface area contributed by atoms with Gasteiger partial charge < -0.3 is 9.47 Å². The highest BCUT2D eigenvalue weighted by Crippen LogP contribution is 2.34. The van der Waals surface area contributed by atoms with Gasteiger partial charge >= 0.3 is 0 Å². The molecule has 1 aliphatic carbocycles. The summed E-state index contributed by atoms with van der Waals surface area (Å²) in [7, 11) is 3.09. The van der Waals surface area contributed by atoms with E-state index >= 15 is 0 Å². The molecule has 0 spiro atoms. The van der Waals surface area contributed by atoms with Crippen LogP contribution in [-0.4, -0.2) is 20.0 Å². The van der Waals surface area contributed by atoms with Crippen molar-refractivity contribution in [1.29, 1.82) is 5.26 Å². The summed E-state index contributed by atoms with van der Waals surface area (Å²) in [5.41, 5.74) is 0.486. The standard InChI is InChI=1S/C16H19NO3/c1-19-13-7-12(8-14(9-13)20-2)16(18)15(10-17)11-5-3-4-6-11/h7-9,11,15H,3-6H2,1-2H3. The number of carbonyl (C=O) groups is 1. The fraction of sp³-hybridized carbons (Fsp3) is 0.500. The summed E-state index contributed by atoms with van der Waals surface area (Å²) in [5.74, 6) is 0.627. The van der Waals surface area contributed by atoms with Crippen LogP contribution in [0, 0.1) is 23.2 Å². The fourth-order valence-electron chi connectivity index (χ4n) is 2.80. The van der Waals surface area contributed by atoms with Crippen molar-refractivity contribution >= 4 is 5.78 Å².